The summed E-state index contributed by atoms with van der Waals surface area (Å²) >= 11 is 0. The van der Waals surface area contributed by atoms with Crippen molar-refractivity contribution < 1.29 is 18.9 Å². The third-order valence-electron chi connectivity index (χ3n) is 2.96. The van der Waals surface area contributed by atoms with Crippen molar-refractivity contribution in [3.05, 3.63) is 23.8 Å². The van der Waals surface area contributed by atoms with Crippen LogP contribution in [0.4, 0.5) is 0 Å². The Kier molecular flexibility index (Phi) is 8.12. The van der Waals surface area contributed by atoms with Crippen molar-refractivity contribution in [3.8, 4) is 11.5 Å². The maximum Gasteiger partial charge on any atom is 0.161 e. The fourth-order valence-electron chi connectivity index (χ4n) is 1.83. The Labute approximate surface area is 127 Å². The van der Waals surface area contributed by atoms with Crippen LogP contribution in [0.2, 0.25) is 0 Å². The van der Waals surface area contributed by atoms with Gasteiger partial charge in [0.25, 0.3) is 0 Å². The van der Waals surface area contributed by atoms with Crippen molar-refractivity contribution in [1.82, 2.24) is 0 Å². The maximum absolute atomic E-state index is 6.11. The molecule has 1 aromatic carbocycles. The molecule has 0 saturated heterocycles. The van der Waals surface area contributed by atoms with E-state index < -0.39 is 0 Å². The lowest BCUT2D eigenvalue weighted by molar-refractivity contribution is 0.0333. The average molecular weight is 297 g/mol. The number of benzene rings is 1. The SMILES string of the molecule is COc1ccc(C(N)COCCOCC(C)C)cc1OC. The zero-order chi connectivity index (χ0) is 15.7. The summed E-state index contributed by atoms with van der Waals surface area (Å²) < 4.78 is 21.5. The van der Waals surface area contributed by atoms with Gasteiger partial charge in [-0.2, -0.15) is 0 Å². The maximum atomic E-state index is 6.11. The van der Waals surface area contributed by atoms with Crippen LogP contribution in [0.25, 0.3) is 0 Å². The molecular formula is C16H27NO4. The van der Waals surface area contributed by atoms with E-state index in [4.69, 9.17) is 24.7 Å². The molecule has 0 aromatic heterocycles. The summed E-state index contributed by atoms with van der Waals surface area (Å²) in [5, 5.41) is 0. The van der Waals surface area contributed by atoms with Crippen LogP contribution in [-0.4, -0.2) is 40.6 Å². The van der Waals surface area contributed by atoms with Gasteiger partial charge in [-0.25, -0.2) is 0 Å². The van der Waals surface area contributed by atoms with Gasteiger partial charge in [0.2, 0.25) is 0 Å². The predicted molar refractivity (Wildman–Crippen MR) is 83.0 cm³/mol. The molecule has 5 heteroatoms. The molecule has 1 atom stereocenters. The van der Waals surface area contributed by atoms with Gasteiger partial charge in [0.05, 0.1) is 40.1 Å². The highest BCUT2D eigenvalue weighted by molar-refractivity contribution is 5.43. The fraction of sp³-hybridized carbons (Fsp3) is 0.625. The normalized spacial score (nSPS) is 12.5. The second kappa shape index (κ2) is 9.60. The topological polar surface area (TPSA) is 62.9 Å². The van der Waals surface area contributed by atoms with Crippen LogP contribution in [0.5, 0.6) is 11.5 Å². The van der Waals surface area contributed by atoms with E-state index >= 15 is 0 Å². The van der Waals surface area contributed by atoms with Gasteiger partial charge < -0.3 is 24.7 Å². The molecular weight excluding hydrogens is 270 g/mol. The molecule has 0 amide bonds. The van der Waals surface area contributed by atoms with E-state index in [1.165, 1.54) is 0 Å². The van der Waals surface area contributed by atoms with E-state index in [1.807, 2.05) is 18.2 Å². The first-order valence-electron chi connectivity index (χ1n) is 7.21. The minimum atomic E-state index is -0.199. The highest BCUT2D eigenvalue weighted by atomic mass is 16.5. The second-order valence-electron chi connectivity index (χ2n) is 5.26. The summed E-state index contributed by atoms with van der Waals surface area (Å²) in [5.41, 5.74) is 7.07. The lowest BCUT2D eigenvalue weighted by Crippen LogP contribution is -2.19. The molecule has 1 unspecified atom stereocenters. The molecule has 0 heterocycles. The lowest BCUT2D eigenvalue weighted by atomic mass is 10.1. The van der Waals surface area contributed by atoms with Gasteiger partial charge in [0, 0.05) is 6.61 Å². The van der Waals surface area contributed by atoms with Gasteiger partial charge in [-0.1, -0.05) is 19.9 Å². The quantitative estimate of drug-likeness (QED) is 0.672. The van der Waals surface area contributed by atoms with Crippen LogP contribution >= 0.6 is 0 Å². The number of methoxy groups -OCH3 is 2. The van der Waals surface area contributed by atoms with E-state index in [1.54, 1.807) is 14.2 Å². The Balaban J connectivity index is 2.36. The monoisotopic (exact) mass is 297 g/mol. The van der Waals surface area contributed by atoms with E-state index in [0.29, 0.717) is 37.2 Å². The number of ether oxygens (including phenoxy) is 4. The third kappa shape index (κ3) is 6.33. The van der Waals surface area contributed by atoms with Crippen LogP contribution in [0, 0.1) is 5.92 Å². The Morgan fingerprint density at radius 1 is 0.952 bits per heavy atom. The number of hydrogen-bond donors (Lipinski definition) is 1. The summed E-state index contributed by atoms with van der Waals surface area (Å²) in [6, 6.07) is 5.45. The van der Waals surface area contributed by atoms with Crippen LogP contribution in [0.1, 0.15) is 25.5 Å². The minimum Gasteiger partial charge on any atom is -0.493 e. The predicted octanol–water partition coefficient (Wildman–Crippen LogP) is 2.39. The van der Waals surface area contributed by atoms with E-state index in [0.717, 1.165) is 12.2 Å². The van der Waals surface area contributed by atoms with Crippen molar-refractivity contribution >= 4 is 0 Å². The molecule has 1 rings (SSSR count). The number of nitrogens with two attached hydrogens (primary N) is 1. The second-order valence-corrected chi connectivity index (χ2v) is 5.26. The number of rotatable bonds is 10. The summed E-state index contributed by atoms with van der Waals surface area (Å²) in [6.07, 6.45) is 0. The van der Waals surface area contributed by atoms with Crippen molar-refractivity contribution in [2.45, 2.75) is 19.9 Å². The standard InChI is InChI=1S/C16H27NO4/c1-12(2)10-20-7-8-21-11-14(17)13-5-6-15(18-3)16(9-13)19-4/h5-6,9,12,14H,7-8,10-11,17H2,1-4H3. The molecule has 0 bridgehead atoms. The Morgan fingerprint density at radius 3 is 2.14 bits per heavy atom. The zero-order valence-corrected chi connectivity index (χ0v) is 13.4. The molecule has 0 fully saturated rings. The first-order chi connectivity index (χ1) is 10.1. The highest BCUT2D eigenvalue weighted by Gasteiger charge is 2.10. The lowest BCUT2D eigenvalue weighted by Gasteiger charge is -2.15. The molecule has 1 aromatic rings. The Bertz CT molecular complexity index is 409. The van der Waals surface area contributed by atoms with Gasteiger partial charge in [0.15, 0.2) is 11.5 Å². The summed E-state index contributed by atoms with van der Waals surface area (Å²) in [5.74, 6) is 1.90. The molecule has 0 aliphatic carbocycles. The van der Waals surface area contributed by atoms with Crippen LogP contribution < -0.4 is 15.2 Å². The Morgan fingerprint density at radius 2 is 1.57 bits per heavy atom. The fourth-order valence-corrected chi connectivity index (χ4v) is 1.83. The highest BCUT2D eigenvalue weighted by Crippen LogP contribution is 2.29. The molecule has 2 N–H and O–H groups in total. The molecule has 120 valence electrons. The van der Waals surface area contributed by atoms with Crippen LogP contribution in [0.3, 0.4) is 0 Å². The first-order valence-corrected chi connectivity index (χ1v) is 7.21. The van der Waals surface area contributed by atoms with E-state index in [2.05, 4.69) is 13.8 Å². The molecule has 0 saturated carbocycles. The minimum absolute atomic E-state index is 0.199. The van der Waals surface area contributed by atoms with Crippen molar-refractivity contribution in [3.63, 3.8) is 0 Å². The largest absolute Gasteiger partial charge is 0.493 e. The van der Waals surface area contributed by atoms with Crippen LogP contribution in [0.15, 0.2) is 18.2 Å². The van der Waals surface area contributed by atoms with Gasteiger partial charge in [-0.15, -0.1) is 0 Å². The molecule has 21 heavy (non-hydrogen) atoms. The van der Waals surface area contributed by atoms with Gasteiger partial charge in [0.1, 0.15) is 0 Å². The van der Waals surface area contributed by atoms with E-state index in [9.17, 15) is 0 Å². The van der Waals surface area contributed by atoms with Gasteiger partial charge in [-0.3, -0.25) is 0 Å². The molecule has 0 aliphatic rings. The summed E-state index contributed by atoms with van der Waals surface area (Å²) in [7, 11) is 3.22. The molecule has 0 aliphatic heterocycles. The summed E-state index contributed by atoms with van der Waals surface area (Å²) in [4.78, 5) is 0. The van der Waals surface area contributed by atoms with Crippen molar-refractivity contribution in [2.24, 2.45) is 11.7 Å². The average Bonchev–Trinajstić information content (AvgIpc) is 2.49. The molecule has 0 radical (unpaired) electrons. The van der Waals surface area contributed by atoms with Gasteiger partial charge in [-0.05, 0) is 23.6 Å². The first kappa shape index (κ1) is 17.8. The molecule has 0 spiro atoms. The van der Waals surface area contributed by atoms with Crippen molar-refractivity contribution in [2.75, 3.05) is 40.6 Å². The van der Waals surface area contributed by atoms with E-state index in [-0.39, 0.29) is 6.04 Å². The zero-order valence-electron chi connectivity index (χ0n) is 13.4. The number of hydrogen-bond acceptors (Lipinski definition) is 5. The Hall–Kier alpha value is -1.30. The summed E-state index contributed by atoms with van der Waals surface area (Å²) in [6.45, 7) is 6.58. The van der Waals surface area contributed by atoms with Gasteiger partial charge >= 0.3 is 0 Å². The molecule has 5 nitrogen and oxygen atoms in total. The van der Waals surface area contributed by atoms with Crippen molar-refractivity contribution in [1.29, 1.82) is 0 Å². The van der Waals surface area contributed by atoms with Crippen LogP contribution in [-0.2, 0) is 9.47 Å². The third-order valence-corrected chi connectivity index (χ3v) is 2.96. The smallest absolute Gasteiger partial charge is 0.161 e.